The van der Waals surface area contributed by atoms with Crippen LogP contribution in [0.2, 0.25) is 0 Å². The summed E-state index contributed by atoms with van der Waals surface area (Å²) in [5, 5.41) is 0. The van der Waals surface area contributed by atoms with Crippen molar-refractivity contribution in [3.63, 3.8) is 0 Å². The predicted octanol–water partition coefficient (Wildman–Crippen LogP) is 2.96. The van der Waals surface area contributed by atoms with Crippen molar-refractivity contribution in [3.8, 4) is 0 Å². The van der Waals surface area contributed by atoms with Gasteiger partial charge in [-0.25, -0.2) is 0 Å². The van der Waals surface area contributed by atoms with Gasteiger partial charge in [0.15, 0.2) is 0 Å². The van der Waals surface area contributed by atoms with E-state index in [4.69, 9.17) is 4.79 Å². The Labute approximate surface area is 160 Å². The molecule has 0 unspecified atom stereocenters. The summed E-state index contributed by atoms with van der Waals surface area (Å²) in [6.45, 7) is 15.8. The summed E-state index contributed by atoms with van der Waals surface area (Å²) < 4.78 is 0. The molecule has 0 N–H and O–H groups in total. The molecule has 0 aliphatic rings. The van der Waals surface area contributed by atoms with Gasteiger partial charge < -0.3 is 16.6 Å². The molecule has 0 saturated carbocycles. The van der Waals surface area contributed by atoms with Gasteiger partial charge in [0.25, 0.3) is 0 Å². The number of hydrogen-bond acceptors (Lipinski definition) is 1. The van der Waals surface area contributed by atoms with E-state index in [1.807, 2.05) is 0 Å². The molecule has 0 spiro atoms. The zero-order chi connectivity index (χ0) is 9.15. The minimum atomic E-state index is 0. The minimum Gasteiger partial charge on any atom is -0.545 e. The monoisotopic (exact) mass is 410 g/mol. The average Bonchev–Trinajstić information content (AvgIpc) is 1.66. The zero-order valence-corrected chi connectivity index (χ0v) is 18.2. The summed E-state index contributed by atoms with van der Waals surface area (Å²) >= 11 is 0. The summed E-state index contributed by atoms with van der Waals surface area (Å²) in [6.07, 6.45) is 0. The molecular formula is C9H19OY3-3. The van der Waals surface area contributed by atoms with Gasteiger partial charge in [0.05, 0.1) is 0 Å². The molecule has 0 aliphatic carbocycles. The molecule has 0 rings (SSSR count). The van der Waals surface area contributed by atoms with Gasteiger partial charge in [0.1, 0.15) is 0 Å². The third-order valence-electron chi connectivity index (χ3n) is 0. The van der Waals surface area contributed by atoms with E-state index in [0.717, 1.165) is 0 Å². The molecule has 0 fully saturated rings. The van der Waals surface area contributed by atoms with Crippen LogP contribution in [0, 0.1) is 11.8 Å². The predicted molar refractivity (Wildman–Crippen MR) is 47.3 cm³/mol. The summed E-state index contributed by atoms with van der Waals surface area (Å²) in [6, 6.07) is 0. The molecule has 13 heavy (non-hydrogen) atoms. The molecule has 1 nitrogen and oxygen atoms in total. The zero-order valence-electron chi connectivity index (χ0n) is 9.72. The van der Waals surface area contributed by atoms with Crippen molar-refractivity contribution >= 4 is 6.79 Å². The molecule has 0 bridgehead atoms. The van der Waals surface area contributed by atoms with Crippen molar-refractivity contribution in [2.24, 2.45) is 0 Å². The van der Waals surface area contributed by atoms with Gasteiger partial charge in [-0.3, -0.25) is 6.79 Å². The molecule has 4 heteroatoms. The minimum absolute atomic E-state index is 0. The van der Waals surface area contributed by atoms with Crippen molar-refractivity contribution < 1.29 is 103 Å². The van der Waals surface area contributed by atoms with E-state index in [9.17, 15) is 0 Å². The fourth-order valence-corrected chi connectivity index (χ4v) is 0. The third kappa shape index (κ3) is 284. The smallest absolute Gasteiger partial charge is 0 e. The molecule has 0 atom stereocenters. The van der Waals surface area contributed by atoms with Crippen molar-refractivity contribution in [1.29, 1.82) is 0 Å². The van der Waals surface area contributed by atoms with Crippen LogP contribution in [0.5, 0.6) is 0 Å². The van der Waals surface area contributed by atoms with Crippen LogP contribution in [-0.2, 0) is 103 Å². The molecule has 0 aliphatic heterocycles. The first-order valence-corrected chi connectivity index (χ1v) is 3.24. The van der Waals surface area contributed by atoms with Crippen molar-refractivity contribution in [1.82, 2.24) is 0 Å². The summed E-state index contributed by atoms with van der Waals surface area (Å²) in [5.74, 6) is 2.83. The van der Waals surface area contributed by atoms with Crippen molar-refractivity contribution in [2.45, 2.75) is 41.5 Å². The Bertz CT molecular complexity index is 38.6. The molecule has 0 heterocycles. The van der Waals surface area contributed by atoms with E-state index in [1.54, 1.807) is 0 Å². The van der Waals surface area contributed by atoms with Gasteiger partial charge in [-0.15, -0.1) is 0 Å². The van der Waals surface area contributed by atoms with E-state index < -0.39 is 0 Å². The molecular weight excluding hydrogens is 391 g/mol. The van der Waals surface area contributed by atoms with E-state index in [2.05, 4.69) is 48.3 Å². The van der Waals surface area contributed by atoms with Gasteiger partial charge in [-0.2, -0.15) is 41.5 Å². The fraction of sp³-hybridized carbons (Fsp3) is 0.667. The maximum Gasteiger partial charge on any atom is 0 e. The number of carbonyl (C=O) groups excluding carboxylic acids is 1. The van der Waals surface area contributed by atoms with Crippen LogP contribution in [0.25, 0.3) is 0 Å². The molecule has 0 amide bonds. The summed E-state index contributed by atoms with van der Waals surface area (Å²) in [7, 11) is 0. The van der Waals surface area contributed by atoms with Gasteiger partial charge in [0, 0.05) is 98.1 Å². The Morgan fingerprint density at radius 3 is 0.615 bits per heavy atom. The van der Waals surface area contributed by atoms with Crippen LogP contribution < -0.4 is 0 Å². The van der Waals surface area contributed by atoms with Crippen LogP contribution in [-0.4, -0.2) is 6.79 Å². The van der Waals surface area contributed by atoms with Crippen LogP contribution in [0.3, 0.4) is 0 Å². The SMILES string of the molecule is C[C-](C)C.C[C-](C)C.[CH-]=O.[Y].[Y].[Y]. The standard InChI is InChI=1S/2C4H9.CHO.3Y/c2*1-4(2)3;1-2;;;/h2*1-3H3;1H;;;/q3*-1;;;. The second kappa shape index (κ2) is 36.3. The fourth-order valence-electron chi connectivity index (χ4n) is 0. The first kappa shape index (κ1) is 36.0. The van der Waals surface area contributed by atoms with Crippen molar-refractivity contribution in [2.75, 3.05) is 0 Å². The average molecular weight is 410 g/mol. The first-order valence-electron chi connectivity index (χ1n) is 3.24. The largest absolute Gasteiger partial charge is 0.545 e. The van der Waals surface area contributed by atoms with Crippen LogP contribution in [0.15, 0.2) is 0 Å². The molecule has 0 saturated heterocycles. The molecule has 73 valence electrons. The van der Waals surface area contributed by atoms with Gasteiger partial charge in [-0.1, -0.05) is 0 Å². The Hall–Kier alpha value is 2.98. The van der Waals surface area contributed by atoms with E-state index in [0.29, 0.717) is 0 Å². The summed E-state index contributed by atoms with van der Waals surface area (Å²) in [4.78, 5) is 7.75. The third-order valence-corrected chi connectivity index (χ3v) is 0. The second-order valence-electron chi connectivity index (χ2n) is 3.00. The van der Waals surface area contributed by atoms with E-state index in [1.165, 1.54) is 11.8 Å². The van der Waals surface area contributed by atoms with Gasteiger partial charge in [-0.05, 0) is 0 Å². The molecule has 0 aromatic heterocycles. The maximum atomic E-state index is 7.75. The summed E-state index contributed by atoms with van der Waals surface area (Å²) in [5.41, 5.74) is 0. The maximum absolute atomic E-state index is 7.75. The van der Waals surface area contributed by atoms with Gasteiger partial charge >= 0.3 is 0 Å². The normalized spacial score (nSPS) is 5.85. The Kier molecular flexibility index (Phi) is 101. The van der Waals surface area contributed by atoms with Gasteiger partial charge in [0.2, 0.25) is 0 Å². The topological polar surface area (TPSA) is 17.1 Å². The van der Waals surface area contributed by atoms with Crippen LogP contribution in [0.4, 0.5) is 0 Å². The molecule has 0 aromatic carbocycles. The van der Waals surface area contributed by atoms with E-state index >= 15 is 0 Å². The van der Waals surface area contributed by atoms with Crippen LogP contribution >= 0.6 is 0 Å². The number of hydrogen-bond donors (Lipinski definition) is 0. The quantitative estimate of drug-likeness (QED) is 0.444. The Balaban J connectivity index is -0.0000000133. The Morgan fingerprint density at radius 2 is 0.615 bits per heavy atom. The molecule has 3 radical (unpaired) electrons. The van der Waals surface area contributed by atoms with E-state index in [-0.39, 0.29) is 98.1 Å². The second-order valence-corrected chi connectivity index (χ2v) is 3.00. The van der Waals surface area contributed by atoms with Crippen LogP contribution in [0.1, 0.15) is 41.5 Å². The molecule has 0 aromatic rings. The van der Waals surface area contributed by atoms with Crippen molar-refractivity contribution in [3.05, 3.63) is 11.8 Å². The number of rotatable bonds is 0. The Morgan fingerprint density at radius 1 is 0.615 bits per heavy atom. The first-order chi connectivity index (χ1) is 4.46.